The van der Waals surface area contributed by atoms with Crippen molar-refractivity contribution < 1.29 is 14.7 Å². The molecule has 0 aromatic heterocycles. The van der Waals surface area contributed by atoms with Crippen molar-refractivity contribution in [2.24, 2.45) is 4.99 Å². The Bertz CT molecular complexity index is 1130. The van der Waals surface area contributed by atoms with Crippen LogP contribution in [0.2, 0.25) is 0 Å². The van der Waals surface area contributed by atoms with Crippen LogP contribution in [-0.2, 0) is 16.0 Å². The van der Waals surface area contributed by atoms with Crippen LogP contribution < -0.4 is 0 Å². The molecule has 1 unspecified atom stereocenters. The van der Waals surface area contributed by atoms with E-state index >= 15 is 0 Å². The lowest BCUT2D eigenvalue weighted by Gasteiger charge is -2.34. The molecule has 1 aliphatic carbocycles. The minimum atomic E-state index is -0.0628. The summed E-state index contributed by atoms with van der Waals surface area (Å²) in [6.45, 7) is 7.44. The van der Waals surface area contributed by atoms with Crippen LogP contribution in [0.3, 0.4) is 0 Å². The van der Waals surface area contributed by atoms with Crippen molar-refractivity contribution in [3.63, 3.8) is 0 Å². The first-order valence-electron chi connectivity index (χ1n) is 12.6. The molecule has 0 amide bonds. The Kier molecular flexibility index (Phi) is 9.24. The summed E-state index contributed by atoms with van der Waals surface area (Å²) >= 11 is 3.55. The number of hydrogen-bond donors (Lipinski definition) is 1. The van der Waals surface area contributed by atoms with Crippen molar-refractivity contribution in [1.29, 1.82) is 0 Å². The van der Waals surface area contributed by atoms with Gasteiger partial charge in [0.05, 0.1) is 18.7 Å². The Hall–Kier alpha value is -2.61. The summed E-state index contributed by atoms with van der Waals surface area (Å²) in [7, 11) is 0. The number of hydrogen-bond acceptors (Lipinski definition) is 6. The second-order valence-electron chi connectivity index (χ2n) is 9.76. The lowest BCUT2D eigenvalue weighted by atomic mass is 9.83. The van der Waals surface area contributed by atoms with Crippen LogP contribution >= 0.6 is 15.9 Å². The van der Waals surface area contributed by atoms with Gasteiger partial charge in [-0.15, -0.1) is 0 Å². The first-order valence-corrected chi connectivity index (χ1v) is 13.4. The average molecular weight is 553 g/mol. The fourth-order valence-electron chi connectivity index (χ4n) is 4.85. The molecule has 1 N–H and O–H groups in total. The third kappa shape index (κ3) is 7.21. The minimum Gasteiger partial charge on any atom is -0.511 e. The normalized spacial score (nSPS) is 19.8. The van der Waals surface area contributed by atoms with Crippen molar-refractivity contribution in [3.05, 3.63) is 81.0 Å². The third-order valence-corrected chi connectivity index (χ3v) is 7.70. The van der Waals surface area contributed by atoms with Gasteiger partial charge < -0.3 is 5.11 Å². The number of allylic oxidation sites excluding steroid dienone is 2. The number of carbonyl (C=O) groups is 2. The number of piperazine rings is 1. The van der Waals surface area contributed by atoms with Crippen molar-refractivity contribution in [3.8, 4) is 0 Å². The first-order chi connectivity index (χ1) is 17.4. The van der Waals surface area contributed by atoms with E-state index in [9.17, 15) is 14.7 Å². The van der Waals surface area contributed by atoms with Gasteiger partial charge in [0.2, 0.25) is 0 Å². The maximum atomic E-state index is 12.7. The summed E-state index contributed by atoms with van der Waals surface area (Å²) in [6.07, 6.45) is 2.85. The largest absolute Gasteiger partial charge is 0.511 e. The molecule has 2 aromatic carbocycles. The second kappa shape index (κ2) is 12.6. The van der Waals surface area contributed by atoms with Crippen molar-refractivity contribution in [2.45, 2.75) is 32.1 Å². The summed E-state index contributed by atoms with van der Waals surface area (Å²) in [4.78, 5) is 34.1. The molecule has 1 atom stereocenters. The number of Topliss-reactive ketones (excluding diaryl/α,β-unsaturated/α-hetero) is 2. The molecule has 1 saturated heterocycles. The number of benzene rings is 2. The number of nitrogens with zero attached hydrogens (tertiary/aromatic N) is 3. The SMILES string of the molecule is Cc1ccc(CC(=O)CN2CCN(CCN=CC3=C(O)CC(c4ccccc4Br)CC3=O)CC2)cc1. The molecule has 7 heteroatoms. The fourth-order valence-corrected chi connectivity index (χ4v) is 5.46. The number of halogens is 1. The highest BCUT2D eigenvalue weighted by molar-refractivity contribution is 9.10. The maximum absolute atomic E-state index is 12.7. The van der Waals surface area contributed by atoms with E-state index in [1.165, 1.54) is 5.56 Å². The molecule has 0 spiro atoms. The Labute approximate surface area is 221 Å². The number of carbonyl (C=O) groups excluding carboxylic acids is 2. The van der Waals surface area contributed by atoms with Crippen LogP contribution in [-0.4, -0.2) is 78.5 Å². The zero-order valence-corrected chi connectivity index (χ0v) is 22.4. The van der Waals surface area contributed by atoms with Gasteiger partial charge in [-0.2, -0.15) is 0 Å². The second-order valence-corrected chi connectivity index (χ2v) is 10.6. The van der Waals surface area contributed by atoms with Gasteiger partial charge >= 0.3 is 0 Å². The van der Waals surface area contributed by atoms with Gasteiger partial charge in [0.1, 0.15) is 5.76 Å². The quantitative estimate of drug-likeness (QED) is 0.464. The molecule has 1 fully saturated rings. The Balaban J connectivity index is 1.19. The van der Waals surface area contributed by atoms with Crippen LogP contribution in [0, 0.1) is 6.92 Å². The summed E-state index contributed by atoms with van der Waals surface area (Å²) < 4.78 is 0.962. The molecule has 0 radical (unpaired) electrons. The topological polar surface area (TPSA) is 73.2 Å². The lowest BCUT2D eigenvalue weighted by molar-refractivity contribution is -0.120. The number of ketones is 2. The highest BCUT2D eigenvalue weighted by atomic mass is 79.9. The molecule has 190 valence electrons. The van der Waals surface area contributed by atoms with E-state index in [4.69, 9.17) is 0 Å². The molecule has 4 rings (SSSR count). The van der Waals surface area contributed by atoms with Gasteiger partial charge in [-0.3, -0.25) is 24.4 Å². The Morgan fingerprint density at radius 3 is 2.44 bits per heavy atom. The zero-order valence-electron chi connectivity index (χ0n) is 20.8. The van der Waals surface area contributed by atoms with Crippen LogP contribution in [0.15, 0.2) is 69.3 Å². The van der Waals surface area contributed by atoms with Gasteiger partial charge in [-0.05, 0) is 30.0 Å². The zero-order chi connectivity index (χ0) is 25.5. The summed E-state index contributed by atoms with van der Waals surface area (Å²) in [6, 6.07) is 16.0. The van der Waals surface area contributed by atoms with Crippen LogP contribution in [0.4, 0.5) is 0 Å². The molecule has 6 nitrogen and oxygen atoms in total. The van der Waals surface area contributed by atoms with E-state index in [-0.39, 0.29) is 23.2 Å². The molecular weight excluding hydrogens is 518 g/mol. The molecule has 2 aliphatic rings. The van der Waals surface area contributed by atoms with Crippen LogP contribution in [0.5, 0.6) is 0 Å². The highest BCUT2D eigenvalue weighted by Gasteiger charge is 2.28. The van der Waals surface area contributed by atoms with Gasteiger partial charge in [-0.25, -0.2) is 0 Å². The number of aliphatic hydroxyl groups excluding tert-OH is 1. The standard InChI is InChI=1S/C29H34BrN3O3/c1-21-6-8-22(9-7-21)16-24(34)20-33-14-12-32(13-15-33)11-10-31-19-26-28(35)17-23(18-29(26)36)25-4-2-3-5-27(25)30/h2-9,19,23,35H,10-18,20H2,1H3. The van der Waals surface area contributed by atoms with Gasteiger partial charge in [-0.1, -0.05) is 64.0 Å². The molecule has 0 saturated carbocycles. The number of aliphatic imine (C=N–C) groups is 1. The van der Waals surface area contributed by atoms with Crippen molar-refractivity contribution >= 4 is 33.7 Å². The smallest absolute Gasteiger partial charge is 0.168 e. The summed E-state index contributed by atoms with van der Waals surface area (Å²) in [5.41, 5.74) is 3.67. The fraction of sp³-hybridized carbons (Fsp3) is 0.414. The number of aliphatic hydroxyl groups is 1. The molecule has 36 heavy (non-hydrogen) atoms. The van der Waals surface area contributed by atoms with E-state index in [1.807, 2.05) is 55.5 Å². The molecule has 0 bridgehead atoms. The lowest BCUT2D eigenvalue weighted by Crippen LogP contribution is -2.48. The van der Waals surface area contributed by atoms with Gasteiger partial charge in [0, 0.05) is 62.7 Å². The van der Waals surface area contributed by atoms with E-state index in [0.29, 0.717) is 37.9 Å². The Morgan fingerprint density at radius 2 is 1.75 bits per heavy atom. The average Bonchev–Trinajstić information content (AvgIpc) is 2.85. The predicted molar refractivity (Wildman–Crippen MR) is 147 cm³/mol. The number of aryl methyl sites for hydroxylation is 1. The Morgan fingerprint density at radius 1 is 1.06 bits per heavy atom. The van der Waals surface area contributed by atoms with Gasteiger partial charge in [0.15, 0.2) is 11.6 Å². The van der Waals surface area contributed by atoms with E-state index < -0.39 is 0 Å². The summed E-state index contributed by atoms with van der Waals surface area (Å²) in [5, 5.41) is 10.5. The highest BCUT2D eigenvalue weighted by Crippen LogP contribution is 2.36. The molecule has 2 aromatic rings. The predicted octanol–water partition coefficient (Wildman–Crippen LogP) is 4.52. The van der Waals surface area contributed by atoms with Crippen LogP contribution in [0.1, 0.15) is 35.4 Å². The van der Waals surface area contributed by atoms with E-state index in [0.717, 1.165) is 48.3 Å². The molecular formula is C29H34BrN3O3. The van der Waals surface area contributed by atoms with Crippen LogP contribution in [0.25, 0.3) is 0 Å². The molecule has 1 aliphatic heterocycles. The number of rotatable bonds is 9. The molecule has 1 heterocycles. The maximum Gasteiger partial charge on any atom is 0.168 e. The summed E-state index contributed by atoms with van der Waals surface area (Å²) in [5.74, 6) is 0.293. The third-order valence-electron chi connectivity index (χ3n) is 6.98. The minimum absolute atomic E-state index is 0.0229. The monoisotopic (exact) mass is 551 g/mol. The van der Waals surface area contributed by atoms with Crippen molar-refractivity contribution in [2.75, 3.05) is 45.8 Å². The van der Waals surface area contributed by atoms with E-state index in [2.05, 4.69) is 30.7 Å². The van der Waals surface area contributed by atoms with E-state index in [1.54, 1.807) is 6.21 Å². The first kappa shape index (κ1) is 26.5. The van der Waals surface area contributed by atoms with Gasteiger partial charge in [0.25, 0.3) is 0 Å². The van der Waals surface area contributed by atoms with Crippen molar-refractivity contribution in [1.82, 2.24) is 9.80 Å².